The molecule has 19 heavy (non-hydrogen) atoms. The molecule has 1 aromatic heterocycles. The Morgan fingerprint density at radius 1 is 1.37 bits per heavy atom. The van der Waals surface area contributed by atoms with Gasteiger partial charge in [-0.3, -0.25) is 14.7 Å². The van der Waals surface area contributed by atoms with Gasteiger partial charge < -0.3 is 16.0 Å². The van der Waals surface area contributed by atoms with Gasteiger partial charge in [0.2, 0.25) is 5.91 Å². The van der Waals surface area contributed by atoms with Gasteiger partial charge in [-0.2, -0.15) is 5.10 Å². The normalized spacial score (nSPS) is 15.3. The van der Waals surface area contributed by atoms with Crippen molar-refractivity contribution in [2.24, 2.45) is 0 Å². The van der Waals surface area contributed by atoms with Crippen LogP contribution in [0.5, 0.6) is 0 Å². The van der Waals surface area contributed by atoms with E-state index in [0.29, 0.717) is 18.7 Å². The van der Waals surface area contributed by atoms with Crippen molar-refractivity contribution < 1.29 is 9.59 Å². The van der Waals surface area contributed by atoms with Crippen LogP contribution in [-0.2, 0) is 4.79 Å². The quantitative estimate of drug-likeness (QED) is 0.719. The highest BCUT2D eigenvalue weighted by Crippen LogP contribution is 2.09. The third kappa shape index (κ3) is 3.46. The lowest BCUT2D eigenvalue weighted by atomic mass is 10.1. The summed E-state index contributed by atoms with van der Waals surface area (Å²) in [6, 6.07) is 0. The molecule has 0 aliphatic carbocycles. The number of anilines is 1. The lowest BCUT2D eigenvalue weighted by Gasteiger charge is -2.26. The van der Waals surface area contributed by atoms with Crippen LogP contribution in [0.3, 0.4) is 0 Å². The lowest BCUT2D eigenvalue weighted by molar-refractivity contribution is -0.131. The Bertz CT molecular complexity index is 451. The van der Waals surface area contributed by atoms with E-state index in [4.69, 9.17) is 5.73 Å². The first-order chi connectivity index (χ1) is 9.18. The molecular weight excluding hydrogens is 246 g/mol. The second-order valence-corrected chi connectivity index (χ2v) is 4.65. The molecule has 0 radical (unpaired) electrons. The summed E-state index contributed by atoms with van der Waals surface area (Å²) in [6.45, 7) is 1.98. The molecule has 0 saturated carbocycles. The van der Waals surface area contributed by atoms with Gasteiger partial charge in [-0.15, -0.1) is 0 Å². The number of carbonyl (C=O) groups is 2. The van der Waals surface area contributed by atoms with Gasteiger partial charge >= 0.3 is 0 Å². The van der Waals surface area contributed by atoms with E-state index in [9.17, 15) is 9.59 Å². The summed E-state index contributed by atoms with van der Waals surface area (Å²) < 4.78 is 0. The van der Waals surface area contributed by atoms with Crippen LogP contribution in [-0.4, -0.2) is 46.5 Å². The number of nitrogen functional groups attached to an aromatic ring is 1. The highest BCUT2D eigenvalue weighted by atomic mass is 16.2. The number of H-pyrrole nitrogens is 1. The standard InChI is InChI=1S/C12H19N5O2/c13-9-8-15-16-11(9)12(19)14-5-4-10(18)17-6-2-1-3-7-17/h8H,1-7,13H2,(H,14,19)(H,15,16). The zero-order chi connectivity index (χ0) is 13.7. The molecule has 7 nitrogen and oxygen atoms in total. The maximum absolute atomic E-state index is 11.9. The van der Waals surface area contributed by atoms with Gasteiger partial charge in [-0.25, -0.2) is 0 Å². The van der Waals surface area contributed by atoms with Gasteiger partial charge in [0.15, 0.2) is 0 Å². The topological polar surface area (TPSA) is 104 Å². The Morgan fingerprint density at radius 2 is 2.11 bits per heavy atom. The van der Waals surface area contributed by atoms with Gasteiger partial charge in [-0.05, 0) is 19.3 Å². The Balaban J connectivity index is 1.73. The Morgan fingerprint density at radius 3 is 2.74 bits per heavy atom. The molecule has 0 atom stereocenters. The number of nitrogens with two attached hydrogens (primary N) is 1. The van der Waals surface area contributed by atoms with Crippen LogP contribution < -0.4 is 11.1 Å². The molecule has 0 spiro atoms. The van der Waals surface area contributed by atoms with Crippen LogP contribution in [0.15, 0.2) is 6.20 Å². The number of amides is 2. The minimum Gasteiger partial charge on any atom is -0.396 e. The molecule has 1 aliphatic rings. The fourth-order valence-corrected chi connectivity index (χ4v) is 2.15. The average molecular weight is 265 g/mol. The number of piperidine rings is 1. The van der Waals surface area contributed by atoms with Crippen molar-refractivity contribution in [3.05, 3.63) is 11.9 Å². The van der Waals surface area contributed by atoms with Crippen LogP contribution in [0.2, 0.25) is 0 Å². The zero-order valence-corrected chi connectivity index (χ0v) is 10.8. The number of hydrogen-bond donors (Lipinski definition) is 3. The van der Waals surface area contributed by atoms with E-state index in [0.717, 1.165) is 25.9 Å². The third-order valence-corrected chi connectivity index (χ3v) is 3.23. The molecular formula is C12H19N5O2. The summed E-state index contributed by atoms with van der Waals surface area (Å²) >= 11 is 0. The van der Waals surface area contributed by atoms with E-state index in [1.165, 1.54) is 12.6 Å². The molecule has 0 aromatic carbocycles. The maximum atomic E-state index is 11.9. The molecule has 2 heterocycles. The number of nitrogens with zero attached hydrogens (tertiary/aromatic N) is 2. The van der Waals surface area contributed by atoms with Gasteiger partial charge in [-0.1, -0.05) is 0 Å². The molecule has 1 aromatic rings. The number of carbonyl (C=O) groups excluding carboxylic acids is 2. The Hall–Kier alpha value is -2.05. The van der Waals surface area contributed by atoms with E-state index in [1.807, 2.05) is 4.90 Å². The first-order valence-corrected chi connectivity index (χ1v) is 6.53. The van der Waals surface area contributed by atoms with E-state index >= 15 is 0 Å². The van der Waals surface area contributed by atoms with Crippen molar-refractivity contribution in [2.45, 2.75) is 25.7 Å². The van der Waals surface area contributed by atoms with E-state index in [2.05, 4.69) is 15.5 Å². The van der Waals surface area contributed by atoms with Crippen LogP contribution in [0, 0.1) is 0 Å². The van der Waals surface area contributed by atoms with Crippen LogP contribution >= 0.6 is 0 Å². The Labute approximate surface area is 111 Å². The van der Waals surface area contributed by atoms with Crippen molar-refractivity contribution >= 4 is 17.5 Å². The maximum Gasteiger partial charge on any atom is 0.271 e. The van der Waals surface area contributed by atoms with Crippen LogP contribution in [0.25, 0.3) is 0 Å². The number of hydrogen-bond acceptors (Lipinski definition) is 4. The Kier molecular flexibility index (Phi) is 4.38. The third-order valence-electron chi connectivity index (χ3n) is 3.23. The number of rotatable bonds is 4. The summed E-state index contributed by atoms with van der Waals surface area (Å²) in [5.74, 6) is -0.237. The minimum atomic E-state index is -0.332. The van der Waals surface area contributed by atoms with Crippen LogP contribution in [0.4, 0.5) is 5.69 Å². The minimum absolute atomic E-state index is 0.0950. The van der Waals surface area contributed by atoms with Gasteiger partial charge in [0, 0.05) is 26.1 Å². The van der Waals surface area contributed by atoms with Crippen molar-refractivity contribution in [3.8, 4) is 0 Å². The second kappa shape index (κ2) is 6.21. The van der Waals surface area contributed by atoms with Crippen molar-refractivity contribution in [3.63, 3.8) is 0 Å². The molecule has 2 rings (SSSR count). The van der Waals surface area contributed by atoms with Crippen molar-refractivity contribution in [1.29, 1.82) is 0 Å². The van der Waals surface area contributed by atoms with E-state index in [1.54, 1.807) is 0 Å². The van der Waals surface area contributed by atoms with E-state index < -0.39 is 0 Å². The molecule has 1 saturated heterocycles. The fourth-order valence-electron chi connectivity index (χ4n) is 2.15. The summed E-state index contributed by atoms with van der Waals surface area (Å²) in [6.07, 6.45) is 5.04. The molecule has 0 unspecified atom stereocenters. The summed E-state index contributed by atoms with van der Waals surface area (Å²) in [4.78, 5) is 25.4. The molecule has 2 amide bonds. The first-order valence-electron chi connectivity index (χ1n) is 6.53. The number of likely N-dealkylation sites (tertiary alicyclic amines) is 1. The molecule has 4 N–H and O–H groups in total. The molecule has 7 heteroatoms. The summed E-state index contributed by atoms with van der Waals surface area (Å²) in [5.41, 5.74) is 6.11. The summed E-state index contributed by atoms with van der Waals surface area (Å²) in [7, 11) is 0. The lowest BCUT2D eigenvalue weighted by Crippen LogP contribution is -2.37. The van der Waals surface area contributed by atoms with Gasteiger partial charge in [0.05, 0.1) is 11.9 Å². The fraction of sp³-hybridized carbons (Fsp3) is 0.583. The smallest absolute Gasteiger partial charge is 0.271 e. The zero-order valence-electron chi connectivity index (χ0n) is 10.8. The SMILES string of the molecule is Nc1cn[nH]c1C(=O)NCCC(=O)N1CCCCC1. The first kappa shape index (κ1) is 13.4. The predicted octanol–water partition coefficient (Wildman–Crippen LogP) is 0.124. The molecule has 1 aliphatic heterocycles. The largest absolute Gasteiger partial charge is 0.396 e. The molecule has 1 fully saturated rings. The van der Waals surface area contributed by atoms with Crippen molar-refractivity contribution in [2.75, 3.05) is 25.4 Å². The number of aromatic nitrogens is 2. The monoisotopic (exact) mass is 265 g/mol. The number of aromatic amines is 1. The second-order valence-electron chi connectivity index (χ2n) is 4.65. The van der Waals surface area contributed by atoms with Gasteiger partial charge in [0.25, 0.3) is 5.91 Å². The molecule has 104 valence electrons. The average Bonchev–Trinajstić information content (AvgIpc) is 2.86. The highest BCUT2D eigenvalue weighted by Gasteiger charge is 2.17. The molecule has 0 bridgehead atoms. The highest BCUT2D eigenvalue weighted by molar-refractivity contribution is 5.97. The summed E-state index contributed by atoms with van der Waals surface area (Å²) in [5, 5.41) is 8.86. The van der Waals surface area contributed by atoms with Crippen molar-refractivity contribution in [1.82, 2.24) is 20.4 Å². The van der Waals surface area contributed by atoms with Gasteiger partial charge in [0.1, 0.15) is 5.69 Å². The van der Waals surface area contributed by atoms with Crippen LogP contribution in [0.1, 0.15) is 36.2 Å². The number of nitrogens with one attached hydrogen (secondary N) is 2. The van der Waals surface area contributed by atoms with E-state index in [-0.39, 0.29) is 17.5 Å². The predicted molar refractivity (Wildman–Crippen MR) is 70.4 cm³/mol.